The Morgan fingerprint density at radius 2 is 0.902 bits per heavy atom. The van der Waals surface area contributed by atoms with Crippen molar-refractivity contribution in [1.29, 1.82) is 0 Å². The smallest absolute Gasteiger partial charge is 0.416 e. The zero-order valence-electron chi connectivity index (χ0n) is 56.7. The first-order valence-corrected chi connectivity index (χ1v) is 33.6. The van der Waals surface area contributed by atoms with Gasteiger partial charge >= 0.3 is 36.6 Å². The van der Waals surface area contributed by atoms with Crippen LogP contribution in [0.4, 0.5) is 88.0 Å². The molecule has 102 heavy (non-hydrogen) atoms. The largest absolute Gasteiger partial charge is 0.493 e. The van der Waals surface area contributed by atoms with E-state index in [0.717, 1.165) is 72.4 Å². The van der Waals surface area contributed by atoms with Gasteiger partial charge in [-0.1, -0.05) is 50.2 Å². The second-order valence-electron chi connectivity index (χ2n) is 26.2. The van der Waals surface area contributed by atoms with E-state index in [-0.39, 0.29) is 48.0 Å². The molecule has 13 rings (SSSR count). The Morgan fingerprint density at radius 1 is 0.500 bits per heavy atom. The van der Waals surface area contributed by atoms with Gasteiger partial charge in [0, 0.05) is 121 Å². The molecule has 6 heterocycles. The number of hydrogen-bond donors (Lipinski definition) is 6. The quantitative estimate of drug-likeness (QED) is 0.0537. The zero-order chi connectivity index (χ0) is 73.2. The number of fused-ring (bicyclic) bond motifs is 6. The van der Waals surface area contributed by atoms with Crippen LogP contribution in [-0.2, 0) is 52.5 Å². The summed E-state index contributed by atoms with van der Waals surface area (Å²) >= 11 is 0. The Kier molecular flexibility index (Phi) is 20.9. The molecule has 0 unspecified atom stereocenters. The topological polar surface area (TPSA) is 212 Å². The summed E-state index contributed by atoms with van der Waals surface area (Å²) in [6, 6.07) is 25.5. The lowest BCUT2D eigenvalue weighted by Gasteiger charge is -2.46. The number of carbonyl (C=O) groups excluding carboxylic acids is 6. The van der Waals surface area contributed by atoms with Crippen LogP contribution in [0.5, 0.6) is 17.2 Å². The number of halogens is 9. The van der Waals surface area contributed by atoms with Crippen molar-refractivity contribution in [3.8, 4) is 17.2 Å². The minimum Gasteiger partial charge on any atom is -0.493 e. The van der Waals surface area contributed by atoms with Gasteiger partial charge in [-0.05, 0) is 179 Å². The zero-order valence-corrected chi connectivity index (χ0v) is 56.7. The number of carbonyl (C=O) groups is 6. The molecule has 6 aromatic carbocycles. The highest BCUT2D eigenvalue weighted by molar-refractivity contribution is 6.07. The number of amides is 9. The van der Waals surface area contributed by atoms with Crippen molar-refractivity contribution in [2.24, 2.45) is 0 Å². The third kappa shape index (κ3) is 16.5. The van der Waals surface area contributed by atoms with E-state index >= 15 is 0 Å². The highest BCUT2D eigenvalue weighted by Gasteiger charge is 2.45. The van der Waals surface area contributed by atoms with E-state index in [4.69, 9.17) is 14.2 Å². The van der Waals surface area contributed by atoms with Gasteiger partial charge in [0.2, 0.25) is 17.7 Å². The Labute approximate surface area is 582 Å². The van der Waals surface area contributed by atoms with Crippen molar-refractivity contribution in [2.45, 2.75) is 155 Å². The van der Waals surface area contributed by atoms with Crippen molar-refractivity contribution in [1.82, 2.24) is 14.7 Å². The van der Waals surface area contributed by atoms with Gasteiger partial charge in [-0.3, -0.25) is 14.4 Å². The first-order valence-electron chi connectivity index (χ1n) is 33.6. The Hall–Kier alpha value is -10.5. The number of allylic oxidation sites excluding steroid dienone is 1. The van der Waals surface area contributed by atoms with E-state index in [9.17, 15) is 68.3 Å². The summed E-state index contributed by atoms with van der Waals surface area (Å²) in [5.74, 6) is -0.806. The second-order valence-corrected chi connectivity index (χ2v) is 26.2. The van der Waals surface area contributed by atoms with Crippen LogP contribution in [0.15, 0.2) is 127 Å². The fourth-order valence-corrected chi connectivity index (χ4v) is 13.1. The number of benzene rings is 6. The molecule has 0 atom stereocenters. The van der Waals surface area contributed by atoms with Gasteiger partial charge in [-0.15, -0.1) is 0 Å². The Morgan fingerprint density at radius 3 is 1.31 bits per heavy atom. The molecule has 0 saturated heterocycles. The summed E-state index contributed by atoms with van der Waals surface area (Å²) < 4.78 is 136. The van der Waals surface area contributed by atoms with Crippen LogP contribution in [-0.4, -0.2) is 87.5 Å². The first kappa shape index (κ1) is 72.8. The maximum absolute atomic E-state index is 13.3. The number of nitrogens with zero attached hydrogens (tertiary/aromatic N) is 3. The van der Waals surface area contributed by atoms with Crippen LogP contribution < -0.4 is 46.1 Å². The molecule has 1 fully saturated rings. The van der Waals surface area contributed by atoms with E-state index in [2.05, 4.69) is 31.9 Å². The van der Waals surface area contributed by atoms with E-state index < -0.39 is 64.1 Å². The van der Waals surface area contributed by atoms with Crippen LogP contribution in [0.25, 0.3) is 16.7 Å². The summed E-state index contributed by atoms with van der Waals surface area (Å²) in [5.41, 5.74) is 5.99. The fraction of sp³-hybridized carbons (Fsp3) is 0.360. The van der Waals surface area contributed by atoms with Gasteiger partial charge in [-0.25, -0.2) is 14.4 Å². The molecule has 0 radical (unpaired) electrons. The van der Waals surface area contributed by atoms with Crippen LogP contribution >= 0.6 is 0 Å². The molecular formula is C75H76F9N9O9. The van der Waals surface area contributed by atoms with Gasteiger partial charge in [-0.2, -0.15) is 39.5 Å². The maximum atomic E-state index is 13.3. The van der Waals surface area contributed by atoms with Crippen molar-refractivity contribution in [2.75, 3.05) is 51.6 Å². The molecular weight excluding hydrogens is 1340 g/mol. The summed E-state index contributed by atoms with van der Waals surface area (Å²) in [6.45, 7) is 14.4. The van der Waals surface area contributed by atoms with Gasteiger partial charge in [0.15, 0.2) is 0 Å². The van der Waals surface area contributed by atoms with Crippen LogP contribution in [0.3, 0.4) is 0 Å². The van der Waals surface area contributed by atoms with E-state index in [1.807, 2.05) is 59.7 Å². The van der Waals surface area contributed by atoms with Crippen molar-refractivity contribution in [3.63, 3.8) is 0 Å². The molecule has 18 nitrogen and oxygen atoms in total. The van der Waals surface area contributed by atoms with E-state index in [1.54, 1.807) is 51.1 Å². The normalized spacial score (nSPS) is 18.2. The van der Waals surface area contributed by atoms with Crippen molar-refractivity contribution >= 4 is 86.7 Å². The highest BCUT2D eigenvalue weighted by atomic mass is 19.4. The number of ether oxygens (including phenoxy) is 3. The molecule has 538 valence electrons. The van der Waals surface area contributed by atoms with Gasteiger partial charge < -0.3 is 60.8 Å². The number of rotatable bonds is 11. The molecule has 1 aliphatic carbocycles. The molecule has 0 bridgehead atoms. The monoisotopic (exact) mass is 1420 g/mol. The van der Waals surface area contributed by atoms with Gasteiger partial charge in [0.05, 0.1) is 23.3 Å². The molecule has 6 N–H and O–H groups in total. The van der Waals surface area contributed by atoms with Gasteiger partial charge in [0.1, 0.15) is 28.5 Å². The number of anilines is 6. The van der Waals surface area contributed by atoms with E-state index in [1.165, 1.54) is 36.4 Å². The molecule has 6 aromatic rings. The first-order chi connectivity index (χ1) is 48.3. The number of hydrogen-bond acceptors (Lipinski definition) is 9. The number of urea groups is 3. The maximum Gasteiger partial charge on any atom is 0.416 e. The molecule has 1 spiro atoms. The Bertz CT molecular complexity index is 4380. The fourth-order valence-electron chi connectivity index (χ4n) is 13.1. The summed E-state index contributed by atoms with van der Waals surface area (Å²) in [7, 11) is 0. The van der Waals surface area contributed by atoms with Crippen molar-refractivity contribution < 1.29 is 82.5 Å². The third-order valence-corrected chi connectivity index (χ3v) is 19.1. The van der Waals surface area contributed by atoms with E-state index in [0.29, 0.717) is 139 Å². The molecule has 6 aliphatic heterocycles. The lowest BCUT2D eigenvalue weighted by molar-refractivity contribution is -0.138. The predicted molar refractivity (Wildman–Crippen MR) is 368 cm³/mol. The predicted octanol–water partition coefficient (Wildman–Crippen LogP) is 17.9. The minimum atomic E-state index is -4.49. The SMILES string of the molecule is CC(C)N1Cc2ccc(NC(=O)/C=C3\CCCOc4cc(C(F)(F)F)ccc43)cc2NC1=O.CCN1Cc2ccc(NC(=O)/C=C3\CC(CC)(CC)Oc4cc(C(F)(F)F)ccc43)cc2NC1=O.CCN1Cc2ccc(NC(=O)/C=C3\CC4(CCC4)Oc4cc(C(F)(F)F)ccc43)cc2NC1=O. The lowest BCUT2D eigenvalue weighted by atomic mass is 9.72. The molecule has 0 aromatic heterocycles. The van der Waals surface area contributed by atoms with Gasteiger partial charge in [0.25, 0.3) is 0 Å². The molecule has 27 heteroatoms. The number of nitrogens with one attached hydrogen (secondary N) is 6. The molecule has 7 aliphatic rings. The minimum absolute atomic E-state index is 0.0581. The number of alkyl halides is 9. The molecule has 9 amide bonds. The van der Waals surface area contributed by atoms with Crippen LogP contribution in [0, 0.1) is 0 Å². The third-order valence-electron chi connectivity index (χ3n) is 19.1. The van der Waals surface area contributed by atoms with Crippen LogP contribution in [0.2, 0.25) is 0 Å². The van der Waals surface area contributed by atoms with Crippen LogP contribution in [0.1, 0.15) is 149 Å². The van der Waals surface area contributed by atoms with Crippen molar-refractivity contribution in [3.05, 3.63) is 177 Å². The average molecular weight is 1420 g/mol. The molecule has 1 saturated carbocycles. The highest BCUT2D eigenvalue weighted by Crippen LogP contribution is 2.51. The summed E-state index contributed by atoms with van der Waals surface area (Å²) in [5, 5.41) is 16.9. The summed E-state index contributed by atoms with van der Waals surface area (Å²) in [4.78, 5) is 80.1. The standard InChI is InChI=1S/C26H28F3N3O3.C25H24F3N3O3.C24H24F3N3O3/c1-4-25(5-2)14-17(20-10-8-18(26(27,28)29)12-22(20)35-25)11-23(33)30-19-9-7-16-15-32(6-3)24(34)31-21(16)13-19;1-2-31-14-15-4-6-18(12-20(15)30-23(31)33)29-22(32)10-16-13-24(8-3-9-24)34-21-11-17(25(26,27)28)5-7-19(16)21;1-14(2)30-13-16-5-7-18(12-20(16)29-23(30)32)28-22(31)10-15-4-3-9-33-21-11-17(24(25,26)27)6-8-19(15)21/h7-13H,4-6,14-15H2,1-3H3,(H,30,33)(H,31,34);4-7,10-12H,2-3,8-9,13-14H2,1H3,(H,29,32)(H,30,33);5-8,10-12,14H,3-4,9,13H2,1-2H3,(H,28,31)(H,29,32)/b17-11+;16-10+;15-10+. The Balaban J connectivity index is 0.000000154. The average Bonchev–Trinajstić information content (AvgIpc) is 0.755. The lowest BCUT2D eigenvalue weighted by Crippen LogP contribution is -2.45. The summed E-state index contributed by atoms with van der Waals surface area (Å²) in [6.07, 6.45) is -3.68. The second kappa shape index (κ2) is 29.2.